The number of fused-ring (bicyclic) bond motifs is 4. The van der Waals surface area contributed by atoms with Gasteiger partial charge < -0.3 is 9.84 Å². The van der Waals surface area contributed by atoms with E-state index in [0.29, 0.717) is 27.4 Å². The number of carbonyl (C=O) groups excluding carboxylic acids is 4. The van der Waals surface area contributed by atoms with Gasteiger partial charge in [0.1, 0.15) is 0 Å². The van der Waals surface area contributed by atoms with E-state index in [9.17, 15) is 24.3 Å². The number of carbonyl (C=O) groups is 4. The van der Waals surface area contributed by atoms with Crippen molar-refractivity contribution in [3.05, 3.63) is 32.2 Å². The Bertz CT molecular complexity index is 1160. The van der Waals surface area contributed by atoms with E-state index in [2.05, 4.69) is 31.9 Å². The van der Waals surface area contributed by atoms with E-state index >= 15 is 0 Å². The molecule has 8 nitrogen and oxygen atoms in total. The Hall–Kier alpha value is -2.20. The van der Waals surface area contributed by atoms with Gasteiger partial charge in [0.05, 0.1) is 35.3 Å². The van der Waals surface area contributed by atoms with Crippen molar-refractivity contribution >= 4 is 55.5 Å². The van der Waals surface area contributed by atoms with Crippen molar-refractivity contribution in [3.63, 3.8) is 0 Å². The number of phenolic OH excluding ortho intramolecular Hbond substituents is 1. The number of hydrogen-bond acceptors (Lipinski definition) is 6. The zero-order valence-electron chi connectivity index (χ0n) is 18.2. The minimum atomic E-state index is -0.635. The van der Waals surface area contributed by atoms with E-state index in [1.165, 1.54) is 31.0 Å². The fraction of sp³-hybridized carbons (Fsp3) is 0.478. The van der Waals surface area contributed by atoms with Gasteiger partial charge in [0.25, 0.3) is 0 Å². The number of phenols is 1. The molecule has 4 aliphatic rings. The second-order valence-electron chi connectivity index (χ2n) is 9.14. The molecule has 10 heteroatoms. The van der Waals surface area contributed by atoms with Gasteiger partial charge in [-0.2, -0.15) is 0 Å². The second kappa shape index (κ2) is 7.66. The number of nitrogens with zero attached hydrogens (tertiary/aromatic N) is 2. The highest BCUT2D eigenvalue weighted by atomic mass is 79.9. The van der Waals surface area contributed by atoms with Crippen molar-refractivity contribution in [2.24, 2.45) is 29.6 Å². The largest absolute Gasteiger partial charge is 0.503 e. The summed E-state index contributed by atoms with van der Waals surface area (Å²) in [5.41, 5.74) is 1.58. The molecular weight excluding hydrogens is 560 g/mol. The predicted octanol–water partition coefficient (Wildman–Crippen LogP) is 2.82. The lowest BCUT2D eigenvalue weighted by Gasteiger charge is -2.44. The molecule has 5 rings (SSSR count). The van der Waals surface area contributed by atoms with Crippen LogP contribution in [0.1, 0.15) is 24.3 Å². The first kappa shape index (κ1) is 22.6. The van der Waals surface area contributed by atoms with E-state index in [-0.39, 0.29) is 41.0 Å². The van der Waals surface area contributed by atoms with Crippen LogP contribution in [0.5, 0.6) is 11.5 Å². The van der Waals surface area contributed by atoms with Crippen LogP contribution < -0.4 is 4.74 Å². The third-order valence-corrected chi connectivity index (χ3v) is 9.98. The number of methoxy groups -OCH3 is 1. The van der Waals surface area contributed by atoms with Crippen LogP contribution in [0.2, 0.25) is 0 Å². The molecule has 6 unspecified atom stereocenters. The maximum atomic E-state index is 13.3. The van der Waals surface area contributed by atoms with Gasteiger partial charge in [-0.05, 0) is 62.2 Å². The van der Waals surface area contributed by atoms with Crippen LogP contribution in [0.25, 0.3) is 0 Å². The lowest BCUT2D eigenvalue weighted by molar-refractivity contribution is -0.140. The molecule has 1 aromatic carbocycles. The van der Waals surface area contributed by atoms with Crippen LogP contribution in [0.15, 0.2) is 26.7 Å². The van der Waals surface area contributed by atoms with Crippen LogP contribution in [-0.4, -0.2) is 59.7 Å². The molecule has 4 amide bonds. The number of likely N-dealkylation sites (tertiary alicyclic amines) is 2. The Morgan fingerprint density at radius 1 is 0.909 bits per heavy atom. The summed E-state index contributed by atoms with van der Waals surface area (Å²) in [6, 6.07) is 1.67. The second-order valence-corrected chi connectivity index (χ2v) is 10.7. The Kier molecular flexibility index (Phi) is 5.24. The molecule has 0 radical (unpaired) electrons. The monoisotopic (exact) mass is 580 g/mol. The Labute approximate surface area is 207 Å². The molecule has 3 fully saturated rings. The number of hydrogen-bond donors (Lipinski definition) is 1. The topological polar surface area (TPSA) is 104 Å². The van der Waals surface area contributed by atoms with Crippen molar-refractivity contribution in [1.29, 1.82) is 0 Å². The van der Waals surface area contributed by atoms with Crippen LogP contribution in [-0.2, 0) is 19.2 Å². The number of amides is 4. The lowest BCUT2D eigenvalue weighted by Crippen LogP contribution is -2.43. The quantitative estimate of drug-likeness (QED) is 0.425. The molecule has 2 heterocycles. The predicted molar refractivity (Wildman–Crippen MR) is 123 cm³/mol. The van der Waals surface area contributed by atoms with Gasteiger partial charge in [-0.15, -0.1) is 0 Å². The number of aromatic hydroxyl groups is 1. The van der Waals surface area contributed by atoms with E-state index in [4.69, 9.17) is 4.74 Å². The number of benzene rings is 1. The SMILES string of the molecule is COc1cc(C2C3=CCC4C(=O)N(C)C(=O)C4C3CC3C(=O)N(C)C(=O)C32)c(Br)c(Br)c1O. The van der Waals surface area contributed by atoms with Gasteiger partial charge in [0.2, 0.25) is 23.6 Å². The first-order valence-electron chi connectivity index (χ1n) is 10.7. The van der Waals surface area contributed by atoms with Gasteiger partial charge in [-0.3, -0.25) is 29.0 Å². The van der Waals surface area contributed by atoms with E-state index in [0.717, 1.165) is 5.57 Å². The summed E-state index contributed by atoms with van der Waals surface area (Å²) in [4.78, 5) is 54.4. The van der Waals surface area contributed by atoms with Crippen molar-refractivity contribution in [1.82, 2.24) is 9.80 Å². The number of halogens is 2. The van der Waals surface area contributed by atoms with Gasteiger partial charge >= 0.3 is 0 Å². The molecule has 0 spiro atoms. The molecule has 1 N–H and O–H groups in total. The van der Waals surface area contributed by atoms with E-state index < -0.39 is 29.6 Å². The zero-order valence-corrected chi connectivity index (χ0v) is 21.3. The molecule has 6 atom stereocenters. The summed E-state index contributed by atoms with van der Waals surface area (Å²) >= 11 is 6.95. The number of ether oxygens (including phenoxy) is 1. The van der Waals surface area contributed by atoms with Gasteiger partial charge in [-0.1, -0.05) is 11.6 Å². The molecule has 33 heavy (non-hydrogen) atoms. The molecule has 2 saturated heterocycles. The number of allylic oxidation sites excluding steroid dienone is 2. The average molecular weight is 582 g/mol. The average Bonchev–Trinajstić information content (AvgIpc) is 3.16. The van der Waals surface area contributed by atoms with Gasteiger partial charge in [-0.25, -0.2) is 0 Å². The fourth-order valence-electron chi connectivity index (χ4n) is 6.25. The molecule has 0 bridgehead atoms. The molecule has 0 aromatic heterocycles. The molecule has 1 aromatic rings. The molecule has 1 saturated carbocycles. The zero-order chi connectivity index (χ0) is 23.9. The summed E-state index contributed by atoms with van der Waals surface area (Å²) in [5.74, 6) is -3.86. The Morgan fingerprint density at radius 2 is 1.52 bits per heavy atom. The Balaban J connectivity index is 1.72. The molecule has 174 valence electrons. The van der Waals surface area contributed by atoms with Gasteiger partial charge in [0.15, 0.2) is 11.5 Å². The lowest BCUT2D eigenvalue weighted by atomic mass is 9.57. The summed E-state index contributed by atoms with van der Waals surface area (Å²) < 4.78 is 6.28. The Morgan fingerprint density at radius 3 is 2.15 bits per heavy atom. The first-order valence-corrected chi connectivity index (χ1v) is 12.3. The minimum Gasteiger partial charge on any atom is -0.503 e. The van der Waals surface area contributed by atoms with Crippen LogP contribution in [0.4, 0.5) is 0 Å². The maximum absolute atomic E-state index is 13.3. The first-order chi connectivity index (χ1) is 15.6. The summed E-state index contributed by atoms with van der Waals surface area (Å²) in [6.07, 6.45) is 2.74. The molecule has 2 aliphatic heterocycles. The standard InChI is InChI=1S/C23H22Br2N2O6/c1-26-20(29)9-5-4-8-10(15(9)22(26)31)6-12-16(23(32)27(2)21(12)30)14(8)11-7-13(33-3)19(28)18(25)17(11)24/h4,7,9-10,12,14-16,28H,5-6H2,1-3H3. The maximum Gasteiger partial charge on any atom is 0.233 e. The van der Waals surface area contributed by atoms with E-state index in [1.807, 2.05) is 6.08 Å². The highest BCUT2D eigenvalue weighted by molar-refractivity contribution is 9.13. The van der Waals surface area contributed by atoms with E-state index in [1.54, 1.807) is 6.07 Å². The third kappa shape index (κ3) is 2.92. The highest BCUT2D eigenvalue weighted by Crippen LogP contribution is 2.59. The number of rotatable bonds is 2. The van der Waals surface area contributed by atoms with Crippen molar-refractivity contribution < 1.29 is 29.0 Å². The molecule has 2 aliphatic carbocycles. The van der Waals surface area contributed by atoms with Crippen LogP contribution >= 0.6 is 31.9 Å². The summed E-state index contributed by atoms with van der Waals surface area (Å²) in [7, 11) is 4.43. The van der Waals surface area contributed by atoms with Gasteiger partial charge in [0, 0.05) is 24.5 Å². The highest BCUT2D eigenvalue weighted by Gasteiger charge is 2.61. The third-order valence-electron chi connectivity index (χ3n) is 7.82. The smallest absolute Gasteiger partial charge is 0.233 e. The van der Waals surface area contributed by atoms with Crippen molar-refractivity contribution in [2.45, 2.75) is 18.8 Å². The van der Waals surface area contributed by atoms with Crippen LogP contribution in [0.3, 0.4) is 0 Å². The summed E-state index contributed by atoms with van der Waals surface area (Å²) in [6.45, 7) is 0. The molecular formula is C23H22Br2N2O6. The van der Waals surface area contributed by atoms with Crippen molar-refractivity contribution in [3.8, 4) is 11.5 Å². The van der Waals surface area contributed by atoms with Crippen molar-refractivity contribution in [2.75, 3.05) is 21.2 Å². The fourth-order valence-corrected chi connectivity index (χ4v) is 7.22. The normalized spacial score (nSPS) is 33.2. The summed E-state index contributed by atoms with van der Waals surface area (Å²) in [5, 5.41) is 10.4. The minimum absolute atomic E-state index is 0.0844. The number of imide groups is 2. The van der Waals surface area contributed by atoms with Crippen LogP contribution in [0, 0.1) is 29.6 Å².